The van der Waals surface area contributed by atoms with Crippen molar-refractivity contribution in [1.82, 2.24) is 0 Å². The van der Waals surface area contributed by atoms with Gasteiger partial charge in [-0.05, 0) is 67.9 Å². The average molecular weight is 325 g/mol. The van der Waals surface area contributed by atoms with Crippen LogP contribution < -0.4 is 0 Å². The lowest BCUT2D eigenvalue weighted by atomic mass is 9.82. The van der Waals surface area contributed by atoms with Crippen LogP contribution in [-0.2, 0) is 0 Å². The second-order valence-corrected chi connectivity index (χ2v) is 7.51. The molecule has 0 heterocycles. The first-order valence-corrected chi connectivity index (χ1v) is 7.67. The molecule has 0 fully saturated rings. The van der Waals surface area contributed by atoms with Crippen LogP contribution in [0.25, 0.3) is 0 Å². The van der Waals surface area contributed by atoms with Gasteiger partial charge in [0.05, 0.1) is 4.83 Å². The lowest BCUT2D eigenvalue weighted by molar-refractivity contribution is 0.0952. The van der Waals surface area contributed by atoms with Crippen molar-refractivity contribution < 1.29 is 4.79 Å². The number of rotatable bonds is 2. The molecule has 1 unspecified atom stereocenters. The standard InChI is InChI=1S/C17H25BrO/c1-9-10(2)12(4)14(13(5)11(9)3)15(19)16(18)17(6,7)8/h16H,1-8H3. The molecule has 19 heavy (non-hydrogen) atoms. The highest BCUT2D eigenvalue weighted by Gasteiger charge is 2.31. The molecule has 0 N–H and O–H groups in total. The molecule has 0 spiro atoms. The maximum atomic E-state index is 12.8. The van der Waals surface area contributed by atoms with Crippen LogP contribution in [0.1, 0.15) is 58.9 Å². The summed E-state index contributed by atoms with van der Waals surface area (Å²) in [7, 11) is 0. The fourth-order valence-electron chi connectivity index (χ4n) is 2.39. The molecular weight excluding hydrogens is 300 g/mol. The molecule has 0 aliphatic rings. The Morgan fingerprint density at radius 3 is 1.47 bits per heavy atom. The van der Waals surface area contributed by atoms with E-state index in [9.17, 15) is 4.79 Å². The molecule has 0 bridgehead atoms. The van der Waals surface area contributed by atoms with Crippen molar-refractivity contribution in [2.75, 3.05) is 0 Å². The Labute approximate surface area is 125 Å². The molecule has 0 saturated carbocycles. The quantitative estimate of drug-likeness (QED) is 0.538. The maximum absolute atomic E-state index is 12.8. The van der Waals surface area contributed by atoms with E-state index in [-0.39, 0.29) is 16.0 Å². The molecule has 1 aromatic carbocycles. The zero-order valence-corrected chi connectivity index (χ0v) is 14.9. The normalized spacial score (nSPS) is 13.5. The number of carbonyl (C=O) groups excluding carboxylic acids is 1. The van der Waals surface area contributed by atoms with Gasteiger partial charge in [-0.25, -0.2) is 0 Å². The van der Waals surface area contributed by atoms with Crippen LogP contribution in [0.3, 0.4) is 0 Å². The summed E-state index contributed by atoms with van der Waals surface area (Å²) in [5.74, 6) is 0.203. The van der Waals surface area contributed by atoms with E-state index in [1.807, 2.05) is 0 Å². The third-order valence-electron chi connectivity index (χ3n) is 4.24. The van der Waals surface area contributed by atoms with Gasteiger partial charge in [-0.3, -0.25) is 4.79 Å². The Morgan fingerprint density at radius 1 is 0.842 bits per heavy atom. The highest BCUT2D eigenvalue weighted by atomic mass is 79.9. The Kier molecular flexibility index (Phi) is 4.66. The topological polar surface area (TPSA) is 17.1 Å². The first-order valence-electron chi connectivity index (χ1n) is 6.75. The number of halogens is 1. The zero-order valence-electron chi connectivity index (χ0n) is 13.4. The van der Waals surface area contributed by atoms with Gasteiger partial charge in [0.25, 0.3) is 0 Å². The summed E-state index contributed by atoms with van der Waals surface area (Å²) in [6.45, 7) is 16.7. The van der Waals surface area contributed by atoms with Gasteiger partial charge in [0.2, 0.25) is 0 Å². The van der Waals surface area contributed by atoms with E-state index >= 15 is 0 Å². The van der Waals surface area contributed by atoms with Crippen molar-refractivity contribution in [2.24, 2.45) is 5.41 Å². The molecular formula is C17H25BrO. The lowest BCUT2D eigenvalue weighted by Gasteiger charge is -2.27. The molecule has 0 aliphatic carbocycles. The largest absolute Gasteiger partial charge is 0.293 e. The minimum atomic E-state index is -0.154. The van der Waals surface area contributed by atoms with Crippen molar-refractivity contribution in [1.29, 1.82) is 0 Å². The molecule has 0 amide bonds. The number of Topliss-reactive ketones (excluding diaryl/α,β-unsaturated/α-hetero) is 1. The number of hydrogen-bond acceptors (Lipinski definition) is 1. The predicted molar refractivity (Wildman–Crippen MR) is 86.6 cm³/mol. The summed E-state index contributed by atoms with van der Waals surface area (Å²) in [6, 6.07) is 0. The Bertz CT molecular complexity index is 492. The molecule has 0 saturated heterocycles. The molecule has 0 radical (unpaired) electrons. The smallest absolute Gasteiger partial charge is 0.177 e. The summed E-state index contributed by atoms with van der Waals surface area (Å²) in [4.78, 5) is 12.6. The highest BCUT2D eigenvalue weighted by molar-refractivity contribution is 9.10. The van der Waals surface area contributed by atoms with Crippen LogP contribution in [0.5, 0.6) is 0 Å². The van der Waals surface area contributed by atoms with Crippen LogP contribution in [0, 0.1) is 40.0 Å². The number of benzene rings is 1. The number of alkyl halides is 1. The SMILES string of the molecule is Cc1c(C)c(C)c(C(=O)C(Br)C(C)(C)C)c(C)c1C. The van der Waals surface area contributed by atoms with Gasteiger partial charge in [-0.15, -0.1) is 0 Å². The van der Waals surface area contributed by atoms with Gasteiger partial charge in [0, 0.05) is 5.56 Å². The van der Waals surface area contributed by atoms with Gasteiger partial charge < -0.3 is 0 Å². The first-order chi connectivity index (χ1) is 8.50. The van der Waals surface area contributed by atoms with Gasteiger partial charge >= 0.3 is 0 Å². The molecule has 1 nitrogen and oxygen atoms in total. The molecule has 106 valence electrons. The Morgan fingerprint density at radius 2 is 1.16 bits per heavy atom. The van der Waals surface area contributed by atoms with Crippen molar-refractivity contribution >= 4 is 21.7 Å². The minimum Gasteiger partial charge on any atom is -0.293 e. The van der Waals surface area contributed by atoms with E-state index in [1.54, 1.807) is 0 Å². The van der Waals surface area contributed by atoms with E-state index in [1.165, 1.54) is 16.7 Å². The summed E-state index contributed by atoms with van der Waals surface area (Å²) < 4.78 is 0. The van der Waals surface area contributed by atoms with E-state index in [0.717, 1.165) is 16.7 Å². The van der Waals surface area contributed by atoms with E-state index in [0.29, 0.717) is 0 Å². The molecule has 1 aromatic rings. The number of carbonyl (C=O) groups is 1. The van der Waals surface area contributed by atoms with Crippen LogP contribution in [0.4, 0.5) is 0 Å². The van der Waals surface area contributed by atoms with Gasteiger partial charge in [0.1, 0.15) is 0 Å². The van der Waals surface area contributed by atoms with Crippen molar-refractivity contribution in [3.05, 3.63) is 33.4 Å². The van der Waals surface area contributed by atoms with E-state index in [2.05, 4.69) is 71.3 Å². The third kappa shape index (κ3) is 2.94. The van der Waals surface area contributed by atoms with Crippen molar-refractivity contribution in [3.63, 3.8) is 0 Å². The summed E-state index contributed by atoms with van der Waals surface area (Å²) >= 11 is 3.59. The number of hydrogen-bond donors (Lipinski definition) is 0. The monoisotopic (exact) mass is 324 g/mol. The maximum Gasteiger partial charge on any atom is 0.177 e. The van der Waals surface area contributed by atoms with Gasteiger partial charge in [-0.1, -0.05) is 36.7 Å². The van der Waals surface area contributed by atoms with E-state index < -0.39 is 0 Å². The fraction of sp³-hybridized carbons (Fsp3) is 0.588. The number of ketones is 1. The van der Waals surface area contributed by atoms with Crippen molar-refractivity contribution in [3.8, 4) is 0 Å². The molecule has 0 aromatic heterocycles. The molecule has 0 aliphatic heterocycles. The Balaban J connectivity index is 3.49. The fourth-order valence-corrected chi connectivity index (χ4v) is 2.62. The van der Waals surface area contributed by atoms with Crippen LogP contribution >= 0.6 is 15.9 Å². The second kappa shape index (κ2) is 5.40. The third-order valence-corrected chi connectivity index (χ3v) is 6.03. The van der Waals surface area contributed by atoms with Gasteiger partial charge in [0.15, 0.2) is 5.78 Å². The zero-order chi connectivity index (χ0) is 15.1. The van der Waals surface area contributed by atoms with Crippen molar-refractivity contribution in [2.45, 2.75) is 60.2 Å². The lowest BCUT2D eigenvalue weighted by Crippen LogP contribution is -2.30. The predicted octanol–water partition coefficient (Wildman–Crippen LogP) is 5.22. The van der Waals surface area contributed by atoms with Crippen LogP contribution in [-0.4, -0.2) is 10.6 Å². The minimum absolute atomic E-state index is 0.0807. The van der Waals surface area contributed by atoms with Crippen LogP contribution in [0.15, 0.2) is 0 Å². The highest BCUT2D eigenvalue weighted by Crippen LogP contribution is 2.33. The summed E-state index contributed by atoms with van der Waals surface area (Å²) in [5.41, 5.74) is 6.84. The van der Waals surface area contributed by atoms with E-state index in [4.69, 9.17) is 0 Å². The van der Waals surface area contributed by atoms with Crippen LogP contribution in [0.2, 0.25) is 0 Å². The molecule has 1 atom stereocenters. The molecule has 2 heteroatoms. The van der Waals surface area contributed by atoms with Gasteiger partial charge in [-0.2, -0.15) is 0 Å². The summed E-state index contributed by atoms with van der Waals surface area (Å²) in [6.07, 6.45) is 0. The average Bonchev–Trinajstić information content (AvgIpc) is 2.31. The second-order valence-electron chi connectivity index (χ2n) is 6.59. The Hall–Kier alpha value is -0.630. The summed E-state index contributed by atoms with van der Waals surface area (Å²) in [5, 5.41) is 0. The first kappa shape index (κ1) is 16.4. The molecule has 1 rings (SSSR count).